The summed E-state index contributed by atoms with van der Waals surface area (Å²) in [6.45, 7) is 1.42. The number of halogens is 2. The third kappa shape index (κ3) is 0.988. The van der Waals surface area contributed by atoms with E-state index in [0.29, 0.717) is 0 Å². The Labute approximate surface area is 57.0 Å². The van der Waals surface area contributed by atoms with Crippen LogP contribution in [0.2, 0.25) is 0 Å². The fourth-order valence-electron chi connectivity index (χ4n) is 0.696. The smallest absolute Gasteiger partial charge is 0.213 e. The van der Waals surface area contributed by atoms with Gasteiger partial charge in [0.25, 0.3) is 0 Å². The van der Waals surface area contributed by atoms with Gasteiger partial charge in [0.15, 0.2) is 5.78 Å². The van der Waals surface area contributed by atoms with Gasteiger partial charge >= 0.3 is 0 Å². The second-order valence-corrected chi connectivity index (χ2v) is 2.13. The summed E-state index contributed by atoms with van der Waals surface area (Å²) in [6, 6.07) is 0. The van der Waals surface area contributed by atoms with Crippen LogP contribution in [0.25, 0.3) is 0 Å². The van der Waals surface area contributed by atoms with Crippen molar-refractivity contribution in [2.45, 2.75) is 13.1 Å². The van der Waals surface area contributed by atoms with E-state index in [1.807, 2.05) is 0 Å². The number of alkyl halides is 1. The molecule has 0 aromatic heterocycles. The molecule has 0 saturated heterocycles. The number of carbonyl (C=O) groups excluding carboxylic acids is 1. The quantitative estimate of drug-likeness (QED) is 0.505. The van der Waals surface area contributed by atoms with Gasteiger partial charge in [-0.15, -0.1) is 0 Å². The lowest BCUT2D eigenvalue weighted by molar-refractivity contribution is -0.118. The van der Waals surface area contributed by atoms with Gasteiger partial charge in [-0.25, -0.2) is 8.78 Å². The topological polar surface area (TPSA) is 17.1 Å². The predicted octanol–water partition coefficient (Wildman–Crippen LogP) is 1.71. The molecule has 1 rings (SSSR count). The van der Waals surface area contributed by atoms with Crippen molar-refractivity contribution in [2.24, 2.45) is 0 Å². The molecule has 0 amide bonds. The molecule has 3 heteroatoms. The Morgan fingerprint density at radius 2 is 2.10 bits per heavy atom. The molecule has 0 radical (unpaired) electrons. The van der Waals surface area contributed by atoms with Crippen LogP contribution < -0.4 is 0 Å². The number of rotatable bonds is 0. The highest BCUT2D eigenvalue weighted by Gasteiger charge is 2.24. The van der Waals surface area contributed by atoms with Crippen LogP contribution in [0, 0.1) is 0 Å². The van der Waals surface area contributed by atoms with E-state index in [4.69, 9.17) is 0 Å². The summed E-state index contributed by atoms with van der Waals surface area (Å²) in [5.74, 6) is -1.78. The minimum absolute atomic E-state index is 0.187. The van der Waals surface area contributed by atoms with E-state index in [1.165, 1.54) is 13.0 Å². The number of hydrogen-bond acceptors (Lipinski definition) is 1. The fourth-order valence-corrected chi connectivity index (χ4v) is 0.696. The van der Waals surface area contributed by atoms with Crippen molar-refractivity contribution >= 4 is 5.78 Å². The van der Waals surface area contributed by atoms with Crippen molar-refractivity contribution < 1.29 is 13.6 Å². The lowest BCUT2D eigenvalue weighted by Crippen LogP contribution is -2.17. The average Bonchev–Trinajstić information content (AvgIpc) is 1.93. The number of ketones is 1. The molecule has 0 bridgehead atoms. The SMILES string of the molecule is CC1=C(F)C(F)C(=O)C=C1. The Morgan fingerprint density at radius 1 is 1.50 bits per heavy atom. The predicted molar refractivity (Wildman–Crippen MR) is 32.9 cm³/mol. The minimum Gasteiger partial charge on any atom is -0.291 e. The molecule has 1 aliphatic rings. The lowest BCUT2D eigenvalue weighted by atomic mass is 10.1. The maximum absolute atomic E-state index is 12.5. The van der Waals surface area contributed by atoms with Gasteiger partial charge in [0, 0.05) is 0 Å². The summed E-state index contributed by atoms with van der Waals surface area (Å²) in [5, 5.41) is 0. The van der Waals surface area contributed by atoms with E-state index in [0.717, 1.165) is 6.08 Å². The Morgan fingerprint density at radius 3 is 2.60 bits per heavy atom. The summed E-state index contributed by atoms with van der Waals surface area (Å²) in [6.07, 6.45) is 0.251. The Balaban J connectivity index is 2.99. The van der Waals surface area contributed by atoms with Gasteiger partial charge in [-0.2, -0.15) is 0 Å². The number of hydrogen-bond donors (Lipinski definition) is 0. The van der Waals surface area contributed by atoms with Crippen LogP contribution in [0.5, 0.6) is 0 Å². The van der Waals surface area contributed by atoms with Crippen molar-refractivity contribution in [1.29, 1.82) is 0 Å². The summed E-state index contributed by atoms with van der Waals surface area (Å²) in [4.78, 5) is 10.4. The molecular formula is C7H6F2O. The summed E-state index contributed by atoms with van der Waals surface area (Å²) >= 11 is 0. The highest BCUT2D eigenvalue weighted by atomic mass is 19.2. The van der Waals surface area contributed by atoms with E-state index in [-0.39, 0.29) is 5.57 Å². The standard InChI is InChI=1S/C7H6F2O/c1-4-2-3-5(10)7(9)6(4)8/h2-3,7H,1H3. The Hall–Kier alpha value is -0.990. The molecule has 0 fully saturated rings. The maximum atomic E-state index is 12.5. The van der Waals surface area contributed by atoms with Crippen molar-refractivity contribution in [1.82, 2.24) is 0 Å². The number of carbonyl (C=O) groups is 1. The zero-order chi connectivity index (χ0) is 7.72. The first-order chi connectivity index (χ1) is 4.63. The van der Waals surface area contributed by atoms with Crippen LogP contribution in [0.15, 0.2) is 23.6 Å². The fraction of sp³-hybridized carbons (Fsp3) is 0.286. The Bertz CT molecular complexity index is 228. The molecule has 0 saturated carbocycles. The van der Waals surface area contributed by atoms with Crippen molar-refractivity contribution in [3.8, 4) is 0 Å². The van der Waals surface area contributed by atoms with Gasteiger partial charge in [0.05, 0.1) is 0 Å². The van der Waals surface area contributed by atoms with Crippen LogP contribution in [-0.2, 0) is 4.79 Å². The van der Waals surface area contributed by atoms with Gasteiger partial charge in [0.1, 0.15) is 5.83 Å². The molecule has 0 aromatic carbocycles. The summed E-state index contributed by atoms with van der Waals surface area (Å²) < 4.78 is 24.8. The van der Waals surface area contributed by atoms with Crippen LogP contribution in [0.4, 0.5) is 8.78 Å². The molecule has 1 nitrogen and oxygen atoms in total. The zero-order valence-electron chi connectivity index (χ0n) is 5.40. The second kappa shape index (κ2) is 2.33. The molecule has 1 atom stereocenters. The third-order valence-corrected chi connectivity index (χ3v) is 1.35. The van der Waals surface area contributed by atoms with E-state index in [2.05, 4.69) is 0 Å². The van der Waals surface area contributed by atoms with Gasteiger partial charge in [-0.05, 0) is 18.6 Å². The summed E-state index contributed by atoms with van der Waals surface area (Å²) in [5.41, 5.74) is 0.187. The molecule has 0 spiro atoms. The highest BCUT2D eigenvalue weighted by Crippen LogP contribution is 2.20. The normalized spacial score (nSPS) is 25.9. The largest absolute Gasteiger partial charge is 0.291 e. The van der Waals surface area contributed by atoms with E-state index in [1.54, 1.807) is 0 Å². The average molecular weight is 144 g/mol. The molecule has 0 N–H and O–H groups in total. The molecule has 0 aliphatic heterocycles. The van der Waals surface area contributed by atoms with Crippen LogP contribution in [-0.4, -0.2) is 12.0 Å². The van der Waals surface area contributed by atoms with E-state index < -0.39 is 17.8 Å². The molecule has 1 unspecified atom stereocenters. The van der Waals surface area contributed by atoms with Crippen molar-refractivity contribution in [2.75, 3.05) is 0 Å². The van der Waals surface area contributed by atoms with Gasteiger partial charge < -0.3 is 0 Å². The molecule has 0 aromatic rings. The first-order valence-electron chi connectivity index (χ1n) is 2.85. The maximum Gasteiger partial charge on any atom is 0.213 e. The van der Waals surface area contributed by atoms with Gasteiger partial charge in [-0.3, -0.25) is 4.79 Å². The molecule has 10 heavy (non-hydrogen) atoms. The molecule has 1 aliphatic carbocycles. The van der Waals surface area contributed by atoms with Gasteiger partial charge in [0.2, 0.25) is 6.17 Å². The molecular weight excluding hydrogens is 138 g/mol. The Kier molecular flexibility index (Phi) is 1.66. The second-order valence-electron chi connectivity index (χ2n) is 2.13. The van der Waals surface area contributed by atoms with Crippen molar-refractivity contribution in [3.63, 3.8) is 0 Å². The van der Waals surface area contributed by atoms with E-state index in [9.17, 15) is 13.6 Å². The highest BCUT2D eigenvalue weighted by molar-refractivity contribution is 5.97. The van der Waals surface area contributed by atoms with Gasteiger partial charge in [-0.1, -0.05) is 6.08 Å². The van der Waals surface area contributed by atoms with Crippen LogP contribution >= 0.6 is 0 Å². The first kappa shape index (κ1) is 7.12. The number of allylic oxidation sites excluding steroid dienone is 4. The molecule has 54 valence electrons. The monoisotopic (exact) mass is 144 g/mol. The van der Waals surface area contributed by atoms with Crippen LogP contribution in [0.1, 0.15) is 6.92 Å². The first-order valence-corrected chi connectivity index (χ1v) is 2.85. The van der Waals surface area contributed by atoms with E-state index >= 15 is 0 Å². The molecule has 0 heterocycles. The zero-order valence-corrected chi connectivity index (χ0v) is 5.40. The lowest BCUT2D eigenvalue weighted by Gasteiger charge is -2.07. The van der Waals surface area contributed by atoms with Crippen LogP contribution in [0.3, 0.4) is 0 Å². The minimum atomic E-state index is -2.06. The summed E-state index contributed by atoms with van der Waals surface area (Å²) in [7, 11) is 0. The van der Waals surface area contributed by atoms with Crippen molar-refractivity contribution in [3.05, 3.63) is 23.6 Å². The third-order valence-electron chi connectivity index (χ3n) is 1.35.